The number of para-hydroxylation sites is 6. The summed E-state index contributed by atoms with van der Waals surface area (Å²) in [6.45, 7) is 0. The lowest BCUT2D eigenvalue weighted by Gasteiger charge is -2.14. The van der Waals surface area contributed by atoms with Crippen LogP contribution < -0.4 is 0 Å². The molecule has 0 spiro atoms. The van der Waals surface area contributed by atoms with Gasteiger partial charge in [0.05, 0.1) is 71.6 Å². The van der Waals surface area contributed by atoms with Gasteiger partial charge in [0, 0.05) is 123 Å². The molecule has 126 heavy (non-hydrogen) atoms. The molecular formula is C115H71N9S2. The minimum atomic E-state index is 0.635. The molecule has 18 aromatic carbocycles. The van der Waals surface area contributed by atoms with E-state index in [0.717, 1.165) is 89.6 Å². The van der Waals surface area contributed by atoms with Crippen molar-refractivity contribution in [3.63, 3.8) is 0 Å². The molecule has 9 nitrogen and oxygen atoms in total. The van der Waals surface area contributed by atoms with E-state index in [1.807, 2.05) is 71.2 Å². The fourth-order valence-electron chi connectivity index (χ4n) is 19.1. The summed E-state index contributed by atoms with van der Waals surface area (Å²) in [5.41, 5.74) is 26.4. The van der Waals surface area contributed by atoms with E-state index in [2.05, 4.69) is 400 Å². The van der Waals surface area contributed by atoms with Gasteiger partial charge in [-0.2, -0.15) is 0 Å². The maximum absolute atomic E-state index is 5.30. The Kier molecular flexibility index (Phi) is 17.1. The maximum Gasteiger partial charge on any atom is 0.164 e. The zero-order valence-corrected chi connectivity index (χ0v) is 69.5. The van der Waals surface area contributed by atoms with Crippen molar-refractivity contribution in [3.05, 3.63) is 431 Å². The number of fused-ring (bicyclic) bond motifs is 18. The van der Waals surface area contributed by atoms with Gasteiger partial charge in [-0.25, -0.2) is 24.9 Å². The van der Waals surface area contributed by atoms with Crippen LogP contribution in [0.1, 0.15) is 0 Å². The summed E-state index contributed by atoms with van der Waals surface area (Å²) in [4.78, 5) is 26.0. The van der Waals surface area contributed by atoms with E-state index in [9.17, 15) is 0 Å². The third kappa shape index (κ3) is 12.1. The van der Waals surface area contributed by atoms with Gasteiger partial charge in [-0.05, 0) is 162 Å². The molecule has 8 aromatic heterocycles. The first-order chi connectivity index (χ1) is 62.5. The highest BCUT2D eigenvalue weighted by Crippen LogP contribution is 2.49. The lowest BCUT2D eigenvalue weighted by Crippen LogP contribution is -2.01. The molecule has 26 aromatic rings. The second-order valence-electron chi connectivity index (χ2n) is 32.2. The van der Waals surface area contributed by atoms with Crippen LogP contribution in [0, 0.1) is 0 Å². The molecule has 0 amide bonds. The minimum Gasteiger partial charge on any atom is -0.309 e. The highest BCUT2D eigenvalue weighted by atomic mass is 32.1. The molecule has 0 unspecified atom stereocenters. The number of aromatic nitrogens is 9. The molecule has 0 saturated carbocycles. The summed E-state index contributed by atoms with van der Waals surface area (Å²) in [5, 5.41) is 14.7. The minimum absolute atomic E-state index is 0.635. The summed E-state index contributed by atoms with van der Waals surface area (Å²) in [6.07, 6.45) is 0. The number of rotatable bonds is 12. The normalized spacial score (nSPS) is 11.8. The molecule has 0 bridgehead atoms. The van der Waals surface area contributed by atoms with Crippen LogP contribution in [0.25, 0.3) is 241 Å². The molecule has 0 atom stereocenters. The van der Waals surface area contributed by atoms with Crippen LogP contribution in [0.4, 0.5) is 0 Å². The van der Waals surface area contributed by atoms with Gasteiger partial charge in [0.2, 0.25) is 0 Å². The second-order valence-corrected chi connectivity index (χ2v) is 34.3. The van der Waals surface area contributed by atoms with Gasteiger partial charge in [0.1, 0.15) is 0 Å². The van der Waals surface area contributed by atoms with Gasteiger partial charge in [-0.3, -0.25) is 0 Å². The highest BCUT2D eigenvalue weighted by molar-refractivity contribution is 7.26. The smallest absolute Gasteiger partial charge is 0.164 e. The van der Waals surface area contributed by atoms with Crippen molar-refractivity contribution < 1.29 is 0 Å². The van der Waals surface area contributed by atoms with Gasteiger partial charge in [-0.1, -0.05) is 291 Å². The molecule has 8 heterocycles. The summed E-state index contributed by atoms with van der Waals surface area (Å²) in [5.74, 6) is 2.62. The average molecular weight is 1640 g/mol. The van der Waals surface area contributed by atoms with Crippen LogP contribution in [0.3, 0.4) is 0 Å². The second kappa shape index (κ2) is 29.8. The predicted molar refractivity (Wildman–Crippen MR) is 528 cm³/mol. The van der Waals surface area contributed by atoms with Crippen molar-refractivity contribution >= 4 is 150 Å². The summed E-state index contributed by atoms with van der Waals surface area (Å²) < 4.78 is 14.6. The van der Waals surface area contributed by atoms with E-state index in [0.29, 0.717) is 23.3 Å². The lowest BCUT2D eigenvalue weighted by atomic mass is 10.0. The van der Waals surface area contributed by atoms with Crippen LogP contribution in [0.2, 0.25) is 0 Å². The van der Waals surface area contributed by atoms with E-state index < -0.39 is 0 Å². The number of thiophene rings is 2. The fourth-order valence-corrected chi connectivity index (χ4v) is 21.5. The largest absolute Gasteiger partial charge is 0.309 e. The molecule has 0 radical (unpaired) electrons. The first kappa shape index (κ1) is 72.5. The average Bonchev–Trinajstić information content (AvgIpc) is 1.56. The zero-order valence-electron chi connectivity index (χ0n) is 67.8. The Morgan fingerprint density at radius 3 is 0.905 bits per heavy atom. The van der Waals surface area contributed by atoms with Gasteiger partial charge in [0.15, 0.2) is 23.3 Å². The van der Waals surface area contributed by atoms with E-state index in [4.69, 9.17) is 24.9 Å². The summed E-state index contributed by atoms with van der Waals surface area (Å²) in [6, 6.07) is 154. The van der Waals surface area contributed by atoms with E-state index >= 15 is 0 Å². The van der Waals surface area contributed by atoms with Gasteiger partial charge in [0.25, 0.3) is 0 Å². The molecule has 0 aliphatic carbocycles. The fraction of sp³-hybridized carbons (Fsp3) is 0. The van der Waals surface area contributed by atoms with Crippen LogP contribution in [-0.4, -0.2) is 43.2 Å². The third-order valence-electron chi connectivity index (χ3n) is 24.9. The Hall–Kier alpha value is -16.3. The van der Waals surface area contributed by atoms with E-state index in [-0.39, 0.29) is 0 Å². The van der Waals surface area contributed by atoms with E-state index in [1.165, 1.54) is 128 Å². The molecule has 0 saturated heterocycles. The van der Waals surface area contributed by atoms with Crippen molar-refractivity contribution in [3.8, 4) is 113 Å². The topological polar surface area (TPSA) is 84.2 Å². The number of benzene rings is 18. The quantitative estimate of drug-likeness (QED) is 0.122. The molecule has 0 aliphatic heterocycles. The summed E-state index contributed by atoms with van der Waals surface area (Å²) in [7, 11) is 0. The van der Waals surface area contributed by atoms with Crippen LogP contribution in [0.15, 0.2) is 431 Å². The van der Waals surface area contributed by atoms with Crippen LogP contribution in [0.5, 0.6) is 0 Å². The summed E-state index contributed by atoms with van der Waals surface area (Å²) >= 11 is 3.66. The Labute approximate surface area is 731 Å². The first-order valence-corrected chi connectivity index (χ1v) is 44.1. The Morgan fingerprint density at radius 2 is 0.468 bits per heavy atom. The molecular weight excluding hydrogens is 1570 g/mol. The van der Waals surface area contributed by atoms with Crippen molar-refractivity contribution in [2.24, 2.45) is 0 Å². The SMILES string of the molecule is c1ccc(-c2cc(-c3ccccc3)nc(-c3cc(-n4c5ccccc5c5cc(-c6ccc7c(c6)c6ccccc6n7-c6ccccc6)ccc54)c4sc5ccccc5c4c3)n2)cc1.c1ccc(-c2nc(-c3ccccc3)nc(-c3cc(-n4c5ccccc5c5cc(-c6ccc7c(c6)c6ccccc6n7-c6ccccc6)ccc54)c4c(c3)sc3ccccc34)n2)cc1. The third-order valence-corrected chi connectivity index (χ3v) is 27.2. The van der Waals surface area contributed by atoms with Gasteiger partial charge in [-0.15, -0.1) is 22.7 Å². The molecule has 26 rings (SSSR count). The highest BCUT2D eigenvalue weighted by Gasteiger charge is 2.26. The predicted octanol–water partition coefficient (Wildman–Crippen LogP) is 30.8. The number of hydrogen-bond donors (Lipinski definition) is 0. The van der Waals surface area contributed by atoms with Crippen molar-refractivity contribution in [1.82, 2.24) is 43.2 Å². The van der Waals surface area contributed by atoms with Crippen LogP contribution >= 0.6 is 22.7 Å². The molecule has 0 fully saturated rings. The zero-order chi connectivity index (χ0) is 82.9. The molecule has 0 aliphatic rings. The lowest BCUT2D eigenvalue weighted by molar-refractivity contribution is 1.07. The van der Waals surface area contributed by atoms with Crippen molar-refractivity contribution in [2.45, 2.75) is 0 Å². The van der Waals surface area contributed by atoms with Gasteiger partial charge >= 0.3 is 0 Å². The van der Waals surface area contributed by atoms with Gasteiger partial charge < -0.3 is 18.3 Å². The Morgan fingerprint density at radius 1 is 0.167 bits per heavy atom. The molecule has 11 heteroatoms. The van der Waals surface area contributed by atoms with Crippen LogP contribution in [-0.2, 0) is 0 Å². The Bertz CT molecular complexity index is 8710. The monoisotopic (exact) mass is 1640 g/mol. The number of hydrogen-bond acceptors (Lipinski definition) is 7. The Balaban J connectivity index is 0.000000137. The molecule has 0 N–H and O–H groups in total. The van der Waals surface area contributed by atoms with Crippen molar-refractivity contribution in [2.75, 3.05) is 0 Å². The molecule has 588 valence electrons. The standard InChI is InChI=1S/C58H36N4S.C57H35N5S/c1-4-16-37(17-5-1)49-36-50(38-18-6-2-7-19-38)60-58(59-49)41-34-48-45-24-12-15-27-56(45)63-57(48)55(35-41)62-52-26-14-11-23-44(52)47-33-40(29-31-54(47)62)39-28-30-53-46(32-39)43-22-10-13-25-51(43)61(53)42-20-8-3-9-21-42;1-4-16-36(17-5-1)55-58-56(37-18-6-2-7-19-37)60-57(59-55)40-34-51(54-44-24-12-15-27-52(44)63-53(54)35-40)62-48-26-14-11-23-43(48)46-33-39(29-31-50(46)62)38-28-30-49-45(32-38)42-22-10-13-25-47(42)61(49)41-20-8-3-9-21-41/h1-36H;1-35H. The number of nitrogens with zero attached hydrogens (tertiary/aromatic N) is 9. The van der Waals surface area contributed by atoms with Crippen molar-refractivity contribution in [1.29, 1.82) is 0 Å². The maximum atomic E-state index is 5.30. The first-order valence-electron chi connectivity index (χ1n) is 42.5. The van der Waals surface area contributed by atoms with E-state index in [1.54, 1.807) is 0 Å².